The van der Waals surface area contributed by atoms with Crippen molar-refractivity contribution in [3.63, 3.8) is 0 Å². The van der Waals surface area contributed by atoms with Gasteiger partial charge in [0.2, 0.25) is 0 Å². The molecule has 0 aliphatic carbocycles. The lowest BCUT2D eigenvalue weighted by Gasteiger charge is -2.15. The highest BCUT2D eigenvalue weighted by atomic mass is 16.3. The van der Waals surface area contributed by atoms with Crippen molar-refractivity contribution in [1.29, 1.82) is 0 Å². The number of nitrogens with zero attached hydrogens (tertiary/aromatic N) is 2. The van der Waals surface area contributed by atoms with Crippen LogP contribution in [0.4, 0.5) is 0 Å². The van der Waals surface area contributed by atoms with Crippen LogP contribution in [0.2, 0.25) is 0 Å². The quantitative estimate of drug-likeness (QED) is 0.716. The van der Waals surface area contributed by atoms with Crippen molar-refractivity contribution in [2.45, 2.75) is 32.8 Å². The third kappa shape index (κ3) is 2.34. The van der Waals surface area contributed by atoms with Gasteiger partial charge in [0, 0.05) is 19.7 Å². The highest BCUT2D eigenvalue weighted by Gasteiger charge is 2.16. The Hall–Kier alpha value is -0.830. The summed E-state index contributed by atoms with van der Waals surface area (Å²) in [6, 6.07) is 0. The second-order valence-electron chi connectivity index (χ2n) is 3.92. The lowest BCUT2D eigenvalue weighted by molar-refractivity contribution is 0.0796. The third-order valence-corrected chi connectivity index (χ3v) is 1.71. The molecule has 0 unspecified atom stereocenters. The number of hydrogen-bond acceptors (Lipinski definition) is 2. The van der Waals surface area contributed by atoms with Crippen molar-refractivity contribution < 1.29 is 5.11 Å². The van der Waals surface area contributed by atoms with Crippen molar-refractivity contribution in [3.8, 4) is 0 Å². The lowest BCUT2D eigenvalue weighted by atomic mass is 10.0. The van der Waals surface area contributed by atoms with Gasteiger partial charge in [0.15, 0.2) is 0 Å². The van der Waals surface area contributed by atoms with E-state index in [1.54, 1.807) is 18.5 Å². The normalized spacial score (nSPS) is 12.1. The SMILES string of the molecule is Cc1cn(C)nc1CC(C)(C)O. The molecule has 0 aromatic carbocycles. The second-order valence-corrected chi connectivity index (χ2v) is 3.92. The largest absolute Gasteiger partial charge is 0.390 e. The molecule has 3 nitrogen and oxygen atoms in total. The Morgan fingerprint density at radius 2 is 2.17 bits per heavy atom. The third-order valence-electron chi connectivity index (χ3n) is 1.71. The molecule has 0 radical (unpaired) electrons. The highest BCUT2D eigenvalue weighted by molar-refractivity contribution is 5.16. The van der Waals surface area contributed by atoms with E-state index in [4.69, 9.17) is 0 Å². The van der Waals surface area contributed by atoms with Crippen LogP contribution in [0.1, 0.15) is 25.1 Å². The minimum absolute atomic E-state index is 0.611. The summed E-state index contributed by atoms with van der Waals surface area (Å²) in [5.74, 6) is 0. The zero-order chi connectivity index (χ0) is 9.35. The monoisotopic (exact) mass is 168 g/mol. The molecule has 1 N–H and O–H groups in total. The first-order valence-corrected chi connectivity index (χ1v) is 4.10. The average molecular weight is 168 g/mol. The topological polar surface area (TPSA) is 38.0 Å². The molecular formula is C9H16N2O. The van der Waals surface area contributed by atoms with E-state index in [1.165, 1.54) is 0 Å². The smallest absolute Gasteiger partial charge is 0.0681 e. The van der Waals surface area contributed by atoms with Crippen LogP contribution >= 0.6 is 0 Å². The molecule has 1 heterocycles. The van der Waals surface area contributed by atoms with Crippen LogP contribution in [0, 0.1) is 6.92 Å². The molecule has 0 amide bonds. The van der Waals surface area contributed by atoms with Crippen LogP contribution < -0.4 is 0 Å². The Kier molecular flexibility index (Phi) is 2.24. The minimum Gasteiger partial charge on any atom is -0.390 e. The van der Waals surface area contributed by atoms with E-state index in [0.29, 0.717) is 6.42 Å². The molecule has 0 aliphatic heterocycles. The van der Waals surface area contributed by atoms with Crippen LogP contribution in [-0.2, 0) is 13.5 Å². The van der Waals surface area contributed by atoms with E-state index in [1.807, 2.05) is 20.2 Å². The van der Waals surface area contributed by atoms with E-state index >= 15 is 0 Å². The van der Waals surface area contributed by atoms with Gasteiger partial charge >= 0.3 is 0 Å². The predicted molar refractivity (Wildman–Crippen MR) is 47.9 cm³/mol. The molecule has 0 atom stereocenters. The Bertz CT molecular complexity index is 271. The van der Waals surface area contributed by atoms with E-state index in [9.17, 15) is 5.11 Å². The van der Waals surface area contributed by atoms with Crippen molar-refractivity contribution in [2.75, 3.05) is 0 Å². The van der Waals surface area contributed by atoms with Crippen molar-refractivity contribution >= 4 is 0 Å². The summed E-state index contributed by atoms with van der Waals surface area (Å²) in [6.07, 6.45) is 2.57. The molecule has 1 aromatic heterocycles. The average Bonchev–Trinajstić information content (AvgIpc) is 2.06. The number of aliphatic hydroxyl groups is 1. The zero-order valence-corrected chi connectivity index (χ0v) is 8.13. The first kappa shape index (κ1) is 9.26. The van der Waals surface area contributed by atoms with Crippen LogP contribution in [0.15, 0.2) is 6.20 Å². The van der Waals surface area contributed by atoms with Gasteiger partial charge in [0.25, 0.3) is 0 Å². The van der Waals surface area contributed by atoms with Gasteiger partial charge in [-0.3, -0.25) is 4.68 Å². The fourth-order valence-electron chi connectivity index (χ4n) is 1.24. The van der Waals surface area contributed by atoms with Gasteiger partial charge in [0.1, 0.15) is 0 Å². The van der Waals surface area contributed by atoms with Gasteiger partial charge in [-0.1, -0.05) is 0 Å². The van der Waals surface area contributed by atoms with Gasteiger partial charge < -0.3 is 5.11 Å². The molecule has 1 aromatic rings. The molecule has 68 valence electrons. The maximum Gasteiger partial charge on any atom is 0.0681 e. The number of rotatable bonds is 2. The number of hydrogen-bond donors (Lipinski definition) is 1. The first-order valence-electron chi connectivity index (χ1n) is 4.10. The zero-order valence-electron chi connectivity index (χ0n) is 8.13. The maximum atomic E-state index is 9.56. The Labute approximate surface area is 73.0 Å². The van der Waals surface area contributed by atoms with E-state index in [-0.39, 0.29) is 0 Å². The van der Waals surface area contributed by atoms with Gasteiger partial charge in [-0.25, -0.2) is 0 Å². The van der Waals surface area contributed by atoms with Gasteiger partial charge in [-0.05, 0) is 26.3 Å². The van der Waals surface area contributed by atoms with E-state index < -0.39 is 5.60 Å². The first-order chi connectivity index (χ1) is 5.38. The predicted octanol–water partition coefficient (Wildman–Crippen LogP) is 1.04. The Morgan fingerprint density at radius 3 is 2.50 bits per heavy atom. The van der Waals surface area contributed by atoms with Crippen LogP contribution in [0.25, 0.3) is 0 Å². The summed E-state index contributed by atoms with van der Waals surface area (Å²) in [5.41, 5.74) is 1.45. The summed E-state index contributed by atoms with van der Waals surface area (Å²) < 4.78 is 1.77. The number of aromatic nitrogens is 2. The summed E-state index contributed by atoms with van der Waals surface area (Å²) >= 11 is 0. The molecule has 0 bridgehead atoms. The van der Waals surface area contributed by atoms with Gasteiger partial charge in [-0.15, -0.1) is 0 Å². The van der Waals surface area contributed by atoms with E-state index in [2.05, 4.69) is 5.10 Å². The molecule has 0 aliphatic rings. The van der Waals surface area contributed by atoms with Crippen LogP contribution in [0.3, 0.4) is 0 Å². The van der Waals surface area contributed by atoms with Crippen LogP contribution in [-0.4, -0.2) is 20.5 Å². The highest BCUT2D eigenvalue weighted by Crippen LogP contribution is 2.13. The van der Waals surface area contributed by atoms with Crippen LogP contribution in [0.5, 0.6) is 0 Å². The standard InChI is InChI=1S/C9H16N2O/c1-7-6-11(4)10-8(7)5-9(2,3)12/h6,12H,5H2,1-4H3. The second kappa shape index (κ2) is 2.90. The van der Waals surface area contributed by atoms with Gasteiger partial charge in [0.05, 0.1) is 11.3 Å². The molecular weight excluding hydrogens is 152 g/mol. The minimum atomic E-state index is -0.668. The molecule has 3 heteroatoms. The summed E-state index contributed by atoms with van der Waals surface area (Å²) in [7, 11) is 1.89. The molecule has 0 fully saturated rings. The van der Waals surface area contributed by atoms with Crippen molar-refractivity contribution in [3.05, 3.63) is 17.5 Å². The van der Waals surface area contributed by atoms with Crippen molar-refractivity contribution in [2.24, 2.45) is 7.05 Å². The molecule has 12 heavy (non-hydrogen) atoms. The molecule has 0 spiro atoms. The lowest BCUT2D eigenvalue weighted by Crippen LogP contribution is -2.22. The summed E-state index contributed by atoms with van der Waals surface area (Å²) in [6.45, 7) is 5.59. The molecule has 0 saturated carbocycles. The summed E-state index contributed by atoms with van der Waals surface area (Å²) in [4.78, 5) is 0. The number of aryl methyl sites for hydroxylation is 2. The van der Waals surface area contributed by atoms with Crippen molar-refractivity contribution in [1.82, 2.24) is 9.78 Å². The molecule has 0 saturated heterocycles. The molecule has 1 rings (SSSR count). The van der Waals surface area contributed by atoms with E-state index in [0.717, 1.165) is 11.3 Å². The Balaban J connectivity index is 2.82. The fourth-order valence-corrected chi connectivity index (χ4v) is 1.24. The maximum absolute atomic E-state index is 9.56. The summed E-state index contributed by atoms with van der Waals surface area (Å²) in [5, 5.41) is 13.8. The Morgan fingerprint density at radius 1 is 1.58 bits per heavy atom. The van der Waals surface area contributed by atoms with Gasteiger partial charge in [-0.2, -0.15) is 5.10 Å². The fraction of sp³-hybridized carbons (Fsp3) is 0.667.